The van der Waals surface area contributed by atoms with Crippen molar-refractivity contribution in [3.05, 3.63) is 148 Å². The molecule has 0 fully saturated rings. The van der Waals surface area contributed by atoms with Gasteiger partial charge in [-0.15, -0.1) is 11.3 Å². The number of aryl methyl sites for hydroxylation is 3. The zero-order chi connectivity index (χ0) is 30.9. The Morgan fingerprint density at radius 3 is 2.56 bits per heavy atom. The normalized spacial score (nSPS) is 12.4. The van der Waals surface area contributed by atoms with E-state index in [4.69, 9.17) is 4.98 Å². The van der Waals surface area contributed by atoms with E-state index in [-0.39, 0.29) is 17.5 Å². The van der Waals surface area contributed by atoms with E-state index in [1.165, 1.54) is 33.7 Å². The highest BCUT2D eigenvalue weighted by atomic mass is 32.1. The van der Waals surface area contributed by atoms with Crippen LogP contribution in [0.3, 0.4) is 0 Å². The Kier molecular flexibility index (Phi) is 7.69. The van der Waals surface area contributed by atoms with E-state index in [0.717, 1.165) is 40.2 Å². The van der Waals surface area contributed by atoms with Crippen molar-refractivity contribution < 1.29 is 14.0 Å². The second-order valence-corrected chi connectivity index (χ2v) is 12.3. The van der Waals surface area contributed by atoms with Crippen molar-refractivity contribution in [1.82, 2.24) is 4.98 Å². The molecule has 0 unspecified atom stereocenters. The molecule has 3 heterocycles. The van der Waals surface area contributed by atoms with Gasteiger partial charge in [0.25, 0.3) is 11.8 Å². The molecule has 0 saturated carbocycles. The van der Waals surface area contributed by atoms with Crippen molar-refractivity contribution in [3.8, 4) is 10.4 Å². The third-order valence-corrected chi connectivity index (χ3v) is 9.55. The van der Waals surface area contributed by atoms with Gasteiger partial charge in [-0.25, -0.2) is 9.37 Å². The Hall–Kier alpha value is -5.14. The standard InChI is InChI=1S/C38H30FN3O2S/c1-24-9-6-16-31(39)35(24)41-37(43)34-23-27-21-22-42(33-18-5-4-15-30(33)36(27)45-34)38(44)32-17-8-13-28(40-32)20-19-26-12-7-11-25-10-2-3-14-29(25)26/h2-18,23H,19-22H2,1H3,(H,41,43). The van der Waals surface area contributed by atoms with Crippen LogP contribution in [0.4, 0.5) is 15.8 Å². The molecule has 222 valence electrons. The lowest BCUT2D eigenvalue weighted by molar-refractivity contribution is 0.0981. The minimum absolute atomic E-state index is 0.155. The molecule has 0 spiro atoms. The zero-order valence-corrected chi connectivity index (χ0v) is 25.5. The zero-order valence-electron chi connectivity index (χ0n) is 24.7. The second-order valence-electron chi connectivity index (χ2n) is 11.2. The molecular weight excluding hydrogens is 582 g/mol. The highest BCUT2D eigenvalue weighted by Crippen LogP contribution is 2.42. The van der Waals surface area contributed by atoms with Crippen molar-refractivity contribution in [2.24, 2.45) is 0 Å². The number of fused-ring (bicyclic) bond motifs is 4. The van der Waals surface area contributed by atoms with E-state index in [2.05, 4.69) is 41.7 Å². The maximum absolute atomic E-state index is 14.4. The number of halogens is 1. The van der Waals surface area contributed by atoms with Gasteiger partial charge in [-0.2, -0.15) is 0 Å². The molecule has 0 saturated heterocycles. The van der Waals surface area contributed by atoms with E-state index < -0.39 is 5.82 Å². The van der Waals surface area contributed by atoms with E-state index in [1.54, 1.807) is 30.0 Å². The van der Waals surface area contributed by atoms with Gasteiger partial charge in [0, 0.05) is 22.7 Å². The first-order valence-corrected chi connectivity index (χ1v) is 15.8. The molecule has 5 nitrogen and oxygen atoms in total. The van der Waals surface area contributed by atoms with Crippen LogP contribution in [0.5, 0.6) is 0 Å². The van der Waals surface area contributed by atoms with Crippen LogP contribution in [0.1, 0.15) is 42.5 Å². The minimum Gasteiger partial charge on any atom is -0.319 e. The summed E-state index contributed by atoms with van der Waals surface area (Å²) in [6.45, 7) is 2.20. The van der Waals surface area contributed by atoms with Crippen LogP contribution in [0.15, 0.2) is 109 Å². The fraction of sp³-hybridized carbons (Fsp3) is 0.132. The lowest BCUT2D eigenvalue weighted by atomic mass is 10.00. The largest absolute Gasteiger partial charge is 0.319 e. The number of rotatable bonds is 6. The lowest BCUT2D eigenvalue weighted by Gasteiger charge is -2.23. The monoisotopic (exact) mass is 611 g/mol. The molecule has 2 aromatic heterocycles. The van der Waals surface area contributed by atoms with Gasteiger partial charge in [0.05, 0.1) is 16.3 Å². The summed E-state index contributed by atoms with van der Waals surface area (Å²) in [7, 11) is 0. The number of hydrogen-bond donors (Lipinski definition) is 1. The first kappa shape index (κ1) is 28.6. The Morgan fingerprint density at radius 1 is 0.889 bits per heavy atom. The summed E-state index contributed by atoms with van der Waals surface area (Å²) in [5.41, 5.74) is 6.04. The number of nitrogens with zero attached hydrogens (tertiary/aromatic N) is 2. The average molecular weight is 612 g/mol. The van der Waals surface area contributed by atoms with Crippen molar-refractivity contribution >= 4 is 45.3 Å². The third-order valence-electron chi connectivity index (χ3n) is 8.34. The Morgan fingerprint density at radius 2 is 1.67 bits per heavy atom. The first-order chi connectivity index (χ1) is 22.0. The topological polar surface area (TPSA) is 62.3 Å². The number of carbonyl (C=O) groups excluding carboxylic acids is 2. The van der Waals surface area contributed by atoms with Gasteiger partial charge in [0.2, 0.25) is 0 Å². The van der Waals surface area contributed by atoms with E-state index >= 15 is 0 Å². The molecule has 6 aromatic rings. The predicted molar refractivity (Wildman–Crippen MR) is 180 cm³/mol. The van der Waals surface area contributed by atoms with Gasteiger partial charge in [0.15, 0.2) is 0 Å². The molecule has 1 N–H and O–H groups in total. The van der Waals surface area contributed by atoms with E-state index in [0.29, 0.717) is 29.1 Å². The Bertz CT molecular complexity index is 2060. The summed E-state index contributed by atoms with van der Waals surface area (Å²) in [5, 5.41) is 5.21. The summed E-state index contributed by atoms with van der Waals surface area (Å²) in [6.07, 6.45) is 2.12. The van der Waals surface area contributed by atoms with Crippen LogP contribution >= 0.6 is 11.3 Å². The molecule has 4 aromatic carbocycles. The third kappa shape index (κ3) is 5.63. The van der Waals surface area contributed by atoms with Gasteiger partial charge >= 0.3 is 0 Å². The summed E-state index contributed by atoms with van der Waals surface area (Å²) >= 11 is 1.36. The molecule has 0 aliphatic carbocycles. The summed E-state index contributed by atoms with van der Waals surface area (Å²) in [4.78, 5) is 35.2. The Labute approximate surface area is 265 Å². The quantitative estimate of drug-likeness (QED) is 0.205. The summed E-state index contributed by atoms with van der Waals surface area (Å²) < 4.78 is 14.4. The highest BCUT2D eigenvalue weighted by molar-refractivity contribution is 7.17. The molecule has 0 bridgehead atoms. The van der Waals surface area contributed by atoms with Crippen LogP contribution in [0, 0.1) is 12.7 Å². The van der Waals surface area contributed by atoms with Gasteiger partial charge in [-0.3, -0.25) is 9.59 Å². The van der Waals surface area contributed by atoms with Crippen molar-refractivity contribution in [1.29, 1.82) is 0 Å². The number of amides is 2. The highest BCUT2D eigenvalue weighted by Gasteiger charge is 2.28. The summed E-state index contributed by atoms with van der Waals surface area (Å²) in [5.74, 6) is -0.971. The number of carbonyl (C=O) groups is 2. The maximum Gasteiger partial charge on any atom is 0.276 e. The van der Waals surface area contributed by atoms with Gasteiger partial charge < -0.3 is 10.2 Å². The molecule has 1 aliphatic rings. The van der Waals surface area contributed by atoms with Gasteiger partial charge in [-0.05, 0) is 84.0 Å². The number of hydrogen-bond acceptors (Lipinski definition) is 4. The predicted octanol–water partition coefficient (Wildman–Crippen LogP) is 8.65. The van der Waals surface area contributed by atoms with Gasteiger partial charge in [0.1, 0.15) is 11.5 Å². The Balaban J connectivity index is 1.13. The van der Waals surface area contributed by atoms with E-state index in [9.17, 15) is 14.0 Å². The maximum atomic E-state index is 14.4. The fourth-order valence-corrected chi connectivity index (χ4v) is 7.17. The lowest BCUT2D eigenvalue weighted by Crippen LogP contribution is -2.33. The molecule has 0 radical (unpaired) electrons. The number of pyridine rings is 1. The molecule has 7 heteroatoms. The second kappa shape index (κ2) is 12.1. The van der Waals surface area contributed by atoms with Crippen molar-refractivity contribution in [2.45, 2.75) is 26.2 Å². The molecule has 7 rings (SSSR count). The first-order valence-electron chi connectivity index (χ1n) is 15.0. The van der Waals surface area contributed by atoms with Crippen molar-refractivity contribution in [2.75, 3.05) is 16.8 Å². The van der Waals surface area contributed by atoms with Gasteiger partial charge in [-0.1, -0.05) is 78.9 Å². The minimum atomic E-state index is -0.466. The fourth-order valence-electron chi connectivity index (χ4n) is 6.03. The number of nitrogens with one attached hydrogen (secondary N) is 1. The van der Waals surface area contributed by atoms with Crippen LogP contribution < -0.4 is 10.2 Å². The van der Waals surface area contributed by atoms with Crippen LogP contribution in [0.2, 0.25) is 0 Å². The number of thiophene rings is 1. The van der Waals surface area contributed by atoms with Crippen LogP contribution in [-0.2, 0) is 19.3 Å². The molecular formula is C38H30FN3O2S. The number of benzene rings is 4. The number of aromatic nitrogens is 1. The number of anilines is 2. The van der Waals surface area contributed by atoms with E-state index in [1.807, 2.05) is 48.5 Å². The van der Waals surface area contributed by atoms with Crippen LogP contribution in [-0.4, -0.2) is 23.3 Å². The summed E-state index contributed by atoms with van der Waals surface area (Å²) in [6, 6.07) is 34.7. The smallest absolute Gasteiger partial charge is 0.276 e. The molecule has 0 atom stereocenters. The SMILES string of the molecule is Cc1cccc(F)c1NC(=O)c1cc2c(s1)-c1ccccc1N(C(=O)c1cccc(CCc3cccc4ccccc34)n1)CC2. The molecule has 2 amide bonds. The molecule has 45 heavy (non-hydrogen) atoms. The van der Waals surface area contributed by atoms with Crippen LogP contribution in [0.25, 0.3) is 21.2 Å². The average Bonchev–Trinajstić information content (AvgIpc) is 3.43. The number of para-hydroxylation sites is 2. The molecule has 1 aliphatic heterocycles. The van der Waals surface area contributed by atoms with Crippen molar-refractivity contribution in [3.63, 3.8) is 0 Å².